The van der Waals surface area contributed by atoms with Crippen molar-refractivity contribution < 1.29 is 18.3 Å². The molecule has 188 valence electrons. The first-order chi connectivity index (χ1) is 17.9. The van der Waals surface area contributed by atoms with Gasteiger partial charge in [0.25, 0.3) is 0 Å². The summed E-state index contributed by atoms with van der Waals surface area (Å²) in [6.07, 6.45) is 0.506. The minimum absolute atomic E-state index is 0.0559. The van der Waals surface area contributed by atoms with Gasteiger partial charge in [0.05, 0.1) is 22.6 Å². The zero-order valence-electron chi connectivity index (χ0n) is 20.4. The zero-order chi connectivity index (χ0) is 26.0. The van der Waals surface area contributed by atoms with Crippen LogP contribution in [0.4, 0.5) is 0 Å². The molecule has 1 fully saturated rings. The highest BCUT2D eigenvalue weighted by Gasteiger charge is 2.45. The summed E-state index contributed by atoms with van der Waals surface area (Å²) in [5.74, 6) is -1.62. The summed E-state index contributed by atoms with van der Waals surface area (Å²) < 4.78 is 28.6. The molecule has 2 heterocycles. The molecule has 37 heavy (non-hydrogen) atoms. The van der Waals surface area contributed by atoms with Crippen LogP contribution in [-0.2, 0) is 10.0 Å². The van der Waals surface area contributed by atoms with Gasteiger partial charge in [-0.2, -0.15) is 4.31 Å². The first-order valence-electron chi connectivity index (χ1n) is 12.2. The van der Waals surface area contributed by atoms with Crippen molar-refractivity contribution >= 4 is 15.8 Å². The maximum Gasteiger partial charge on any atom is 0.243 e. The second kappa shape index (κ2) is 10.4. The van der Waals surface area contributed by atoms with E-state index in [1.54, 1.807) is 54.7 Å². The van der Waals surface area contributed by atoms with E-state index in [9.17, 15) is 18.3 Å². The number of benzene rings is 3. The summed E-state index contributed by atoms with van der Waals surface area (Å²) in [5, 5.41) is 11.4. The molecule has 3 aromatic carbocycles. The monoisotopic (exact) mass is 512 g/mol. The fourth-order valence-corrected chi connectivity index (χ4v) is 6.56. The number of aliphatic hydroxyl groups excluding tert-OH is 1. The Kier molecular flexibility index (Phi) is 7.02. The standard InChI is InChI=1S/C30H28N2O4S/c1-21-14-16-23(17-15-21)37(35,36)32-19-26(24-11-5-6-12-25(24)27-13-7-8-18-31-27)29(28(33)20-32)30(34)22-9-3-2-4-10-22/h2-18,26,28-29,33H,19-20H2,1H3/t26-,28+,29-/m0/s1. The Hall–Kier alpha value is -3.65. The van der Waals surface area contributed by atoms with Gasteiger partial charge in [-0.3, -0.25) is 9.78 Å². The summed E-state index contributed by atoms with van der Waals surface area (Å²) in [7, 11) is -3.90. The Labute approximate surface area is 217 Å². The molecule has 3 atom stereocenters. The summed E-state index contributed by atoms with van der Waals surface area (Å²) >= 11 is 0. The van der Waals surface area contributed by atoms with E-state index in [0.29, 0.717) is 5.56 Å². The average molecular weight is 513 g/mol. The van der Waals surface area contributed by atoms with Crippen molar-refractivity contribution in [2.45, 2.75) is 23.8 Å². The number of sulfonamides is 1. The van der Waals surface area contributed by atoms with E-state index in [1.165, 1.54) is 4.31 Å². The minimum atomic E-state index is -3.90. The van der Waals surface area contributed by atoms with Crippen LogP contribution in [0.2, 0.25) is 0 Å². The summed E-state index contributed by atoms with van der Waals surface area (Å²) in [4.78, 5) is 18.4. The van der Waals surface area contributed by atoms with E-state index >= 15 is 0 Å². The number of ketones is 1. The number of rotatable bonds is 6. The minimum Gasteiger partial charge on any atom is -0.391 e. The van der Waals surface area contributed by atoms with Crippen LogP contribution >= 0.6 is 0 Å². The number of carbonyl (C=O) groups excluding carboxylic acids is 1. The van der Waals surface area contributed by atoms with Crippen LogP contribution in [0, 0.1) is 12.8 Å². The van der Waals surface area contributed by atoms with Gasteiger partial charge in [-0.05, 0) is 36.8 Å². The molecule has 0 unspecified atom stereocenters. The number of hydrogen-bond acceptors (Lipinski definition) is 5. The highest BCUT2D eigenvalue weighted by molar-refractivity contribution is 7.89. The van der Waals surface area contributed by atoms with Gasteiger partial charge >= 0.3 is 0 Å². The lowest BCUT2D eigenvalue weighted by molar-refractivity contribution is 0.0335. The van der Waals surface area contributed by atoms with Gasteiger partial charge in [-0.1, -0.05) is 78.4 Å². The van der Waals surface area contributed by atoms with Crippen molar-refractivity contribution in [3.05, 3.63) is 120 Å². The molecule has 4 aromatic rings. The van der Waals surface area contributed by atoms with Gasteiger partial charge in [-0.15, -0.1) is 0 Å². The molecule has 1 aliphatic heterocycles. The average Bonchev–Trinajstić information content (AvgIpc) is 2.93. The predicted molar refractivity (Wildman–Crippen MR) is 143 cm³/mol. The lowest BCUT2D eigenvalue weighted by atomic mass is 9.74. The molecule has 0 radical (unpaired) electrons. The van der Waals surface area contributed by atoms with Crippen molar-refractivity contribution in [1.29, 1.82) is 0 Å². The normalized spacial score (nSPS) is 20.4. The fraction of sp³-hybridized carbons (Fsp3) is 0.200. The van der Waals surface area contributed by atoms with Crippen LogP contribution in [-0.4, -0.2) is 47.8 Å². The van der Waals surface area contributed by atoms with Crippen LogP contribution in [0.3, 0.4) is 0 Å². The largest absolute Gasteiger partial charge is 0.391 e. The van der Waals surface area contributed by atoms with E-state index in [-0.39, 0.29) is 23.8 Å². The Morgan fingerprint density at radius 3 is 2.24 bits per heavy atom. The number of Topliss-reactive ketones (excluding diaryl/α,β-unsaturated/α-hetero) is 1. The first kappa shape index (κ1) is 25.0. The van der Waals surface area contributed by atoms with Gasteiger partial charge in [0.15, 0.2) is 5.78 Å². The van der Waals surface area contributed by atoms with E-state index < -0.39 is 28.0 Å². The molecule has 0 aliphatic carbocycles. The number of aliphatic hydroxyl groups is 1. The fourth-order valence-electron chi connectivity index (χ4n) is 5.07. The number of aromatic nitrogens is 1. The molecule has 0 bridgehead atoms. The second-order valence-electron chi connectivity index (χ2n) is 9.37. The number of hydrogen-bond donors (Lipinski definition) is 1. The third-order valence-corrected chi connectivity index (χ3v) is 8.81. The van der Waals surface area contributed by atoms with Crippen LogP contribution < -0.4 is 0 Å². The smallest absolute Gasteiger partial charge is 0.243 e. The predicted octanol–water partition coefficient (Wildman–Crippen LogP) is 4.71. The van der Waals surface area contributed by atoms with Gasteiger partial charge in [0.1, 0.15) is 0 Å². The molecule has 1 aliphatic rings. The number of aryl methyl sites for hydroxylation is 1. The SMILES string of the molecule is Cc1ccc(S(=O)(=O)N2C[C@@H](O)[C@@H](C(=O)c3ccccc3)[C@H](c3ccccc3-c3ccccn3)C2)cc1. The Bertz CT molecular complexity index is 1490. The third-order valence-electron chi connectivity index (χ3n) is 6.96. The Morgan fingerprint density at radius 2 is 1.54 bits per heavy atom. The molecule has 0 amide bonds. The third kappa shape index (κ3) is 4.98. The van der Waals surface area contributed by atoms with Gasteiger partial charge < -0.3 is 5.11 Å². The molecule has 7 heteroatoms. The van der Waals surface area contributed by atoms with Gasteiger partial charge in [-0.25, -0.2) is 8.42 Å². The highest BCUT2D eigenvalue weighted by atomic mass is 32.2. The number of carbonyl (C=O) groups is 1. The van der Waals surface area contributed by atoms with Crippen molar-refractivity contribution in [3.8, 4) is 11.3 Å². The summed E-state index contributed by atoms with van der Waals surface area (Å²) in [6.45, 7) is 1.79. The van der Waals surface area contributed by atoms with Gasteiger partial charge in [0.2, 0.25) is 10.0 Å². The summed E-state index contributed by atoms with van der Waals surface area (Å²) in [6, 6.07) is 28.7. The van der Waals surface area contributed by atoms with Crippen LogP contribution in [0.5, 0.6) is 0 Å². The van der Waals surface area contributed by atoms with Gasteiger partial charge in [0, 0.05) is 36.3 Å². The molecule has 1 saturated heterocycles. The zero-order valence-corrected chi connectivity index (χ0v) is 21.3. The van der Waals surface area contributed by atoms with E-state index in [1.807, 2.05) is 55.5 Å². The van der Waals surface area contributed by atoms with Crippen molar-refractivity contribution in [3.63, 3.8) is 0 Å². The van der Waals surface area contributed by atoms with Crippen LogP contribution in [0.15, 0.2) is 108 Å². The molecule has 1 aromatic heterocycles. The van der Waals surface area contributed by atoms with Crippen molar-refractivity contribution in [2.24, 2.45) is 5.92 Å². The number of piperidine rings is 1. The topological polar surface area (TPSA) is 87.6 Å². The lowest BCUT2D eigenvalue weighted by Crippen LogP contribution is -2.52. The number of β-amino-alcohol motifs (C(OH)–C–C–N with tert-alkyl or cyclic N) is 1. The number of nitrogens with zero attached hydrogens (tertiary/aromatic N) is 2. The van der Waals surface area contributed by atoms with E-state index in [0.717, 1.165) is 22.4 Å². The maximum atomic E-state index is 13.8. The van der Waals surface area contributed by atoms with Crippen LogP contribution in [0.25, 0.3) is 11.3 Å². The first-order valence-corrected chi connectivity index (χ1v) is 13.6. The molecule has 6 nitrogen and oxygen atoms in total. The molecular formula is C30H28N2O4S. The number of pyridine rings is 1. The lowest BCUT2D eigenvalue weighted by Gasteiger charge is -2.41. The molecular weight excluding hydrogens is 484 g/mol. The second-order valence-corrected chi connectivity index (χ2v) is 11.3. The van der Waals surface area contributed by atoms with Crippen molar-refractivity contribution in [2.75, 3.05) is 13.1 Å². The van der Waals surface area contributed by atoms with E-state index in [4.69, 9.17) is 0 Å². The Balaban J connectivity index is 1.61. The van der Waals surface area contributed by atoms with Crippen LogP contribution in [0.1, 0.15) is 27.4 Å². The molecule has 5 rings (SSSR count). The van der Waals surface area contributed by atoms with E-state index in [2.05, 4.69) is 4.98 Å². The van der Waals surface area contributed by atoms with Crippen molar-refractivity contribution in [1.82, 2.24) is 9.29 Å². The molecule has 1 N–H and O–H groups in total. The molecule has 0 spiro atoms. The maximum absolute atomic E-state index is 13.8. The Morgan fingerprint density at radius 1 is 0.865 bits per heavy atom. The summed E-state index contributed by atoms with van der Waals surface area (Å²) in [5.41, 5.74) is 3.74. The highest BCUT2D eigenvalue weighted by Crippen LogP contribution is 2.40. The molecule has 0 saturated carbocycles. The quantitative estimate of drug-likeness (QED) is 0.378.